The van der Waals surface area contributed by atoms with Crippen molar-refractivity contribution in [3.05, 3.63) is 54.2 Å². The molecule has 1 aromatic carbocycles. The van der Waals surface area contributed by atoms with Crippen LogP contribution in [0.2, 0.25) is 0 Å². The normalized spacial score (nSPS) is 26.3. The number of rotatable bonds is 5. The van der Waals surface area contributed by atoms with Crippen LogP contribution in [0, 0.1) is 11.3 Å². The lowest BCUT2D eigenvalue weighted by atomic mass is 9.70. The van der Waals surface area contributed by atoms with E-state index in [0.29, 0.717) is 11.3 Å². The van der Waals surface area contributed by atoms with Crippen LogP contribution in [0.4, 0.5) is 0 Å². The van der Waals surface area contributed by atoms with Crippen molar-refractivity contribution in [3.63, 3.8) is 0 Å². The van der Waals surface area contributed by atoms with Crippen LogP contribution in [0.1, 0.15) is 62.3 Å². The van der Waals surface area contributed by atoms with Crippen LogP contribution in [-0.2, 0) is 6.54 Å². The van der Waals surface area contributed by atoms with Crippen molar-refractivity contribution in [2.75, 3.05) is 32.7 Å². The number of hydrogen-bond acceptors (Lipinski definition) is 4. The summed E-state index contributed by atoms with van der Waals surface area (Å²) in [6.45, 7) is 7.09. The van der Waals surface area contributed by atoms with Gasteiger partial charge in [-0.2, -0.15) is 0 Å². The van der Waals surface area contributed by atoms with Gasteiger partial charge in [-0.3, -0.25) is 4.90 Å². The highest BCUT2D eigenvalue weighted by Gasteiger charge is 2.50. The molecule has 1 aromatic heterocycles. The average molecular weight is 394 g/mol. The van der Waals surface area contributed by atoms with Crippen molar-refractivity contribution in [1.82, 2.24) is 14.8 Å². The Morgan fingerprint density at radius 3 is 2.52 bits per heavy atom. The van der Waals surface area contributed by atoms with E-state index in [1.165, 1.54) is 76.7 Å². The van der Waals surface area contributed by atoms with Gasteiger partial charge in [0.15, 0.2) is 5.89 Å². The summed E-state index contributed by atoms with van der Waals surface area (Å²) in [6, 6.07) is 10.9. The molecule has 156 valence electrons. The maximum absolute atomic E-state index is 5.84. The Kier molecular flexibility index (Phi) is 5.74. The number of hydrogen-bond donors (Lipinski definition) is 0. The van der Waals surface area contributed by atoms with Gasteiger partial charge < -0.3 is 9.32 Å². The van der Waals surface area contributed by atoms with Crippen molar-refractivity contribution in [2.45, 2.75) is 57.4 Å². The number of likely N-dealkylation sites (tertiary alicyclic amines) is 2. The Morgan fingerprint density at radius 1 is 1.00 bits per heavy atom. The van der Waals surface area contributed by atoms with Gasteiger partial charge in [-0.1, -0.05) is 49.6 Å². The third-order valence-corrected chi connectivity index (χ3v) is 7.81. The molecular weight excluding hydrogens is 358 g/mol. The topological polar surface area (TPSA) is 32.5 Å². The Bertz CT molecular complexity index is 746. The molecule has 3 heterocycles. The van der Waals surface area contributed by atoms with Crippen LogP contribution < -0.4 is 0 Å². The van der Waals surface area contributed by atoms with Gasteiger partial charge in [0.25, 0.3) is 0 Å². The maximum atomic E-state index is 5.84. The molecule has 2 aliphatic heterocycles. The van der Waals surface area contributed by atoms with Crippen molar-refractivity contribution < 1.29 is 4.42 Å². The lowest BCUT2D eigenvalue weighted by Gasteiger charge is -2.43. The second-order valence-electron chi connectivity index (χ2n) is 9.75. The van der Waals surface area contributed by atoms with E-state index in [4.69, 9.17) is 4.42 Å². The molecular formula is C25H35N3O. The van der Waals surface area contributed by atoms with Crippen LogP contribution in [0.3, 0.4) is 0 Å². The molecule has 3 fully saturated rings. The molecule has 2 aromatic rings. The summed E-state index contributed by atoms with van der Waals surface area (Å²) in [7, 11) is 0. The summed E-state index contributed by atoms with van der Waals surface area (Å²) in [5.41, 5.74) is 1.73. The third kappa shape index (κ3) is 4.29. The predicted molar refractivity (Wildman–Crippen MR) is 116 cm³/mol. The smallest absolute Gasteiger partial charge is 0.198 e. The third-order valence-electron chi connectivity index (χ3n) is 7.81. The van der Waals surface area contributed by atoms with Crippen LogP contribution in [0.5, 0.6) is 0 Å². The zero-order valence-corrected chi connectivity index (χ0v) is 17.6. The second-order valence-corrected chi connectivity index (χ2v) is 9.75. The van der Waals surface area contributed by atoms with E-state index in [0.717, 1.165) is 24.9 Å². The van der Waals surface area contributed by atoms with E-state index in [1.807, 2.05) is 6.20 Å². The predicted octanol–water partition coefficient (Wildman–Crippen LogP) is 4.94. The van der Waals surface area contributed by atoms with E-state index >= 15 is 0 Å². The highest BCUT2D eigenvalue weighted by Crippen LogP contribution is 2.49. The van der Waals surface area contributed by atoms with Gasteiger partial charge in [0.05, 0.1) is 12.1 Å². The lowest BCUT2D eigenvalue weighted by Crippen LogP contribution is -2.45. The van der Waals surface area contributed by atoms with E-state index in [-0.39, 0.29) is 0 Å². The van der Waals surface area contributed by atoms with Crippen molar-refractivity contribution in [2.24, 2.45) is 11.3 Å². The Labute approximate surface area is 175 Å². The van der Waals surface area contributed by atoms with Crippen LogP contribution in [0.15, 0.2) is 47.2 Å². The second kappa shape index (κ2) is 8.61. The standard InChI is InChI=1S/C25H35N3O/c1-3-7-21(8-4-1)17-27-14-11-25(12-15-27)20-28(18-22-9-5-2-6-10-22)19-23(25)24-26-13-16-29-24/h2,5-6,9-10,13,16,21,23H,1,3-4,7-8,11-12,14-15,17-20H2. The van der Waals surface area contributed by atoms with Crippen molar-refractivity contribution in [1.29, 1.82) is 0 Å². The fraction of sp³-hybridized carbons (Fsp3) is 0.640. The highest BCUT2D eigenvalue weighted by molar-refractivity contribution is 5.17. The largest absolute Gasteiger partial charge is 0.449 e. The Morgan fingerprint density at radius 2 is 1.79 bits per heavy atom. The monoisotopic (exact) mass is 393 g/mol. The minimum atomic E-state index is 0.322. The molecule has 1 unspecified atom stereocenters. The number of aromatic nitrogens is 1. The minimum Gasteiger partial charge on any atom is -0.449 e. The van der Waals surface area contributed by atoms with Crippen LogP contribution in [-0.4, -0.2) is 47.5 Å². The summed E-state index contributed by atoms with van der Waals surface area (Å²) in [6.07, 6.45) is 13.4. The lowest BCUT2D eigenvalue weighted by molar-refractivity contribution is 0.0747. The van der Waals surface area contributed by atoms with Gasteiger partial charge in [0.2, 0.25) is 0 Å². The summed E-state index contributed by atoms with van der Waals surface area (Å²) in [5.74, 6) is 2.33. The van der Waals surface area contributed by atoms with Gasteiger partial charge in [0.1, 0.15) is 6.26 Å². The molecule has 0 amide bonds. The Hall–Kier alpha value is -1.65. The number of nitrogens with zero attached hydrogens (tertiary/aromatic N) is 3. The van der Waals surface area contributed by atoms with E-state index < -0.39 is 0 Å². The summed E-state index contributed by atoms with van der Waals surface area (Å²) < 4.78 is 5.84. The first-order valence-electron chi connectivity index (χ1n) is 11.7. The van der Waals surface area contributed by atoms with Gasteiger partial charge in [-0.25, -0.2) is 4.98 Å². The quantitative estimate of drug-likeness (QED) is 0.720. The van der Waals surface area contributed by atoms with Crippen LogP contribution in [0.25, 0.3) is 0 Å². The average Bonchev–Trinajstić information content (AvgIpc) is 3.40. The molecule has 1 spiro atoms. The van der Waals surface area contributed by atoms with Crippen LogP contribution >= 0.6 is 0 Å². The maximum Gasteiger partial charge on any atom is 0.198 e. The van der Waals surface area contributed by atoms with E-state index in [2.05, 4.69) is 45.1 Å². The molecule has 4 heteroatoms. The van der Waals surface area contributed by atoms with E-state index in [9.17, 15) is 0 Å². The fourth-order valence-corrected chi connectivity index (χ4v) is 6.20. The molecule has 1 saturated carbocycles. The summed E-state index contributed by atoms with van der Waals surface area (Å²) in [5, 5.41) is 0. The first-order valence-corrected chi connectivity index (χ1v) is 11.7. The summed E-state index contributed by atoms with van der Waals surface area (Å²) in [4.78, 5) is 9.99. The molecule has 0 radical (unpaired) electrons. The highest BCUT2D eigenvalue weighted by atomic mass is 16.3. The molecule has 29 heavy (non-hydrogen) atoms. The molecule has 0 bridgehead atoms. The zero-order chi connectivity index (χ0) is 19.5. The number of benzene rings is 1. The van der Waals surface area contributed by atoms with E-state index in [1.54, 1.807) is 6.26 Å². The van der Waals surface area contributed by atoms with Gasteiger partial charge >= 0.3 is 0 Å². The molecule has 2 saturated heterocycles. The molecule has 1 atom stereocenters. The first kappa shape index (κ1) is 19.3. The number of oxazole rings is 1. The molecule has 5 rings (SSSR count). The van der Waals surface area contributed by atoms with Gasteiger partial charge in [-0.15, -0.1) is 0 Å². The SMILES string of the molecule is c1ccc(CN2CC(c3ncco3)C3(CCN(CC4CCCCC4)CC3)C2)cc1. The molecule has 3 aliphatic rings. The fourth-order valence-electron chi connectivity index (χ4n) is 6.20. The van der Waals surface area contributed by atoms with Crippen molar-refractivity contribution >= 4 is 0 Å². The van der Waals surface area contributed by atoms with Gasteiger partial charge in [-0.05, 0) is 55.7 Å². The first-order chi connectivity index (χ1) is 14.3. The molecule has 0 N–H and O–H groups in total. The number of piperidine rings is 1. The van der Waals surface area contributed by atoms with Gasteiger partial charge in [0, 0.05) is 26.2 Å². The molecule has 1 aliphatic carbocycles. The zero-order valence-electron chi connectivity index (χ0n) is 17.6. The minimum absolute atomic E-state index is 0.322. The summed E-state index contributed by atoms with van der Waals surface area (Å²) >= 11 is 0. The Balaban J connectivity index is 1.26. The molecule has 4 nitrogen and oxygen atoms in total. The van der Waals surface area contributed by atoms with Crippen molar-refractivity contribution in [3.8, 4) is 0 Å².